The Morgan fingerprint density at radius 1 is 1.15 bits per heavy atom. The summed E-state index contributed by atoms with van der Waals surface area (Å²) in [5, 5.41) is 2.49. The maximum atomic E-state index is 5.93. The Hall–Kier alpha value is -1.86. The van der Waals surface area contributed by atoms with E-state index in [-0.39, 0.29) is 6.10 Å². The second kappa shape index (κ2) is 5.26. The highest BCUT2D eigenvalue weighted by atomic mass is 16.5. The van der Waals surface area contributed by atoms with E-state index in [1.807, 2.05) is 0 Å². The Kier molecular flexibility index (Phi) is 3.45. The van der Waals surface area contributed by atoms with Gasteiger partial charge in [0, 0.05) is 0 Å². The van der Waals surface area contributed by atoms with E-state index >= 15 is 0 Å². The van der Waals surface area contributed by atoms with Gasteiger partial charge in [-0.15, -0.1) is 0 Å². The van der Waals surface area contributed by atoms with E-state index in [4.69, 9.17) is 4.74 Å². The molecular weight excluding hydrogens is 244 g/mol. The molecule has 2 aromatic carbocycles. The number of ether oxygens (including phenoxy) is 1. The van der Waals surface area contributed by atoms with Crippen LogP contribution in [0, 0.1) is 5.92 Å². The van der Waals surface area contributed by atoms with Crippen LogP contribution in [0.2, 0.25) is 0 Å². The third kappa shape index (κ3) is 2.41. The molecule has 0 N–H and O–H groups in total. The second-order valence-electron chi connectivity index (χ2n) is 5.77. The minimum atomic E-state index is -0.0348. The highest BCUT2D eigenvalue weighted by molar-refractivity contribution is 5.86. The normalized spacial score (nSPS) is 22.9. The summed E-state index contributed by atoms with van der Waals surface area (Å²) < 4.78 is 5.93. The lowest BCUT2D eigenvalue weighted by Gasteiger charge is -2.30. The van der Waals surface area contributed by atoms with E-state index in [2.05, 4.69) is 62.5 Å². The van der Waals surface area contributed by atoms with Crippen LogP contribution in [0.25, 0.3) is 16.3 Å². The molecule has 20 heavy (non-hydrogen) atoms. The lowest BCUT2D eigenvalue weighted by atomic mass is 9.89. The molecule has 1 aliphatic rings. The SMILES string of the molecule is C=C1C[C@@H](C)CO[C@@H]1C(=C)c1ccc2ccccc2c1. The number of rotatable bonds is 2. The maximum Gasteiger partial charge on any atom is 0.103 e. The van der Waals surface area contributed by atoms with E-state index in [1.165, 1.54) is 10.8 Å². The van der Waals surface area contributed by atoms with E-state index < -0.39 is 0 Å². The first-order chi connectivity index (χ1) is 9.65. The largest absolute Gasteiger partial charge is 0.369 e. The van der Waals surface area contributed by atoms with Crippen LogP contribution in [-0.4, -0.2) is 12.7 Å². The molecule has 1 nitrogen and oxygen atoms in total. The van der Waals surface area contributed by atoms with E-state index in [9.17, 15) is 0 Å². The zero-order chi connectivity index (χ0) is 14.1. The predicted molar refractivity (Wildman–Crippen MR) is 85.6 cm³/mol. The van der Waals surface area contributed by atoms with Gasteiger partial charge >= 0.3 is 0 Å². The van der Waals surface area contributed by atoms with Crippen molar-refractivity contribution in [3.8, 4) is 0 Å². The van der Waals surface area contributed by atoms with Gasteiger partial charge in [-0.3, -0.25) is 0 Å². The van der Waals surface area contributed by atoms with Crippen LogP contribution in [0.4, 0.5) is 0 Å². The molecule has 2 aromatic rings. The first kappa shape index (κ1) is 13.1. The molecule has 1 fully saturated rings. The Balaban J connectivity index is 1.90. The summed E-state index contributed by atoms with van der Waals surface area (Å²) in [6.45, 7) is 11.4. The molecule has 3 rings (SSSR count). The molecule has 0 spiro atoms. The lowest BCUT2D eigenvalue weighted by molar-refractivity contribution is 0.0581. The van der Waals surface area contributed by atoms with E-state index in [1.54, 1.807) is 0 Å². The topological polar surface area (TPSA) is 9.23 Å². The fourth-order valence-corrected chi connectivity index (χ4v) is 2.88. The second-order valence-corrected chi connectivity index (χ2v) is 5.77. The molecule has 0 unspecified atom stereocenters. The Bertz CT molecular complexity index is 668. The zero-order valence-corrected chi connectivity index (χ0v) is 11.9. The third-order valence-corrected chi connectivity index (χ3v) is 3.97. The van der Waals surface area contributed by atoms with Crippen LogP contribution in [0.1, 0.15) is 18.9 Å². The van der Waals surface area contributed by atoms with Crippen LogP contribution in [0.15, 0.2) is 61.2 Å². The molecule has 1 heteroatoms. The summed E-state index contributed by atoms with van der Waals surface area (Å²) in [5.41, 5.74) is 3.30. The van der Waals surface area contributed by atoms with Crippen molar-refractivity contribution in [1.29, 1.82) is 0 Å². The quantitative estimate of drug-likeness (QED) is 0.706. The minimum absolute atomic E-state index is 0.0348. The fraction of sp³-hybridized carbons (Fsp3) is 0.263. The lowest BCUT2D eigenvalue weighted by Crippen LogP contribution is -2.27. The van der Waals surface area contributed by atoms with Crippen molar-refractivity contribution in [2.24, 2.45) is 5.92 Å². The van der Waals surface area contributed by atoms with Gasteiger partial charge in [-0.25, -0.2) is 0 Å². The molecule has 1 heterocycles. The summed E-state index contributed by atoms with van der Waals surface area (Å²) in [5.74, 6) is 0.558. The van der Waals surface area contributed by atoms with Gasteiger partial charge < -0.3 is 4.74 Å². The summed E-state index contributed by atoms with van der Waals surface area (Å²) in [4.78, 5) is 0. The molecule has 0 saturated carbocycles. The van der Waals surface area contributed by atoms with Crippen molar-refractivity contribution in [2.75, 3.05) is 6.61 Å². The minimum Gasteiger partial charge on any atom is -0.369 e. The summed E-state index contributed by atoms with van der Waals surface area (Å²) in [6, 6.07) is 14.8. The highest BCUT2D eigenvalue weighted by Gasteiger charge is 2.25. The third-order valence-electron chi connectivity index (χ3n) is 3.97. The molecule has 1 aliphatic heterocycles. The van der Waals surface area contributed by atoms with Gasteiger partial charge in [-0.1, -0.05) is 56.5 Å². The molecule has 2 atom stereocenters. The molecule has 0 aromatic heterocycles. The van der Waals surface area contributed by atoms with Gasteiger partial charge in [0.1, 0.15) is 6.10 Å². The van der Waals surface area contributed by atoms with Crippen LogP contribution in [-0.2, 0) is 4.74 Å². The van der Waals surface area contributed by atoms with Gasteiger partial charge in [0.25, 0.3) is 0 Å². The van der Waals surface area contributed by atoms with Gasteiger partial charge in [0.05, 0.1) is 6.61 Å². The fourth-order valence-electron chi connectivity index (χ4n) is 2.88. The number of fused-ring (bicyclic) bond motifs is 1. The summed E-state index contributed by atoms with van der Waals surface area (Å²) in [7, 11) is 0. The van der Waals surface area contributed by atoms with Crippen molar-refractivity contribution in [3.63, 3.8) is 0 Å². The van der Waals surface area contributed by atoms with Crippen molar-refractivity contribution in [2.45, 2.75) is 19.4 Å². The van der Waals surface area contributed by atoms with Crippen LogP contribution < -0.4 is 0 Å². The van der Waals surface area contributed by atoms with E-state index in [0.717, 1.165) is 29.7 Å². The average Bonchev–Trinajstić information content (AvgIpc) is 2.46. The molecule has 102 valence electrons. The number of benzene rings is 2. The average molecular weight is 264 g/mol. The Morgan fingerprint density at radius 3 is 2.65 bits per heavy atom. The molecule has 0 radical (unpaired) electrons. The standard InChI is InChI=1S/C19H20O/c1-13-10-14(2)19(20-12-13)15(3)17-9-8-16-6-4-5-7-18(16)11-17/h4-9,11,13,19H,2-3,10,12H2,1H3/t13-,19+/m1/s1. The molecular formula is C19H20O. The number of hydrogen-bond donors (Lipinski definition) is 0. The first-order valence-electron chi connectivity index (χ1n) is 7.12. The molecule has 0 amide bonds. The van der Waals surface area contributed by atoms with Gasteiger partial charge in [-0.05, 0) is 45.9 Å². The molecule has 0 aliphatic carbocycles. The monoisotopic (exact) mass is 264 g/mol. The van der Waals surface area contributed by atoms with Crippen LogP contribution in [0.5, 0.6) is 0 Å². The number of hydrogen-bond acceptors (Lipinski definition) is 1. The van der Waals surface area contributed by atoms with Crippen molar-refractivity contribution >= 4 is 16.3 Å². The highest BCUT2D eigenvalue weighted by Crippen LogP contribution is 2.32. The van der Waals surface area contributed by atoms with Crippen molar-refractivity contribution in [3.05, 3.63) is 66.8 Å². The van der Waals surface area contributed by atoms with Gasteiger partial charge in [-0.2, -0.15) is 0 Å². The predicted octanol–water partition coefficient (Wildman–Crippen LogP) is 4.83. The molecule has 0 bridgehead atoms. The first-order valence-corrected chi connectivity index (χ1v) is 7.12. The smallest absolute Gasteiger partial charge is 0.103 e. The zero-order valence-electron chi connectivity index (χ0n) is 11.9. The van der Waals surface area contributed by atoms with Crippen molar-refractivity contribution in [1.82, 2.24) is 0 Å². The Labute approximate surface area is 120 Å². The van der Waals surface area contributed by atoms with Crippen LogP contribution in [0.3, 0.4) is 0 Å². The Morgan fingerprint density at radius 2 is 1.90 bits per heavy atom. The molecule has 1 saturated heterocycles. The summed E-state index contributed by atoms with van der Waals surface area (Å²) >= 11 is 0. The maximum absolute atomic E-state index is 5.93. The van der Waals surface area contributed by atoms with Crippen LogP contribution >= 0.6 is 0 Å². The van der Waals surface area contributed by atoms with Crippen molar-refractivity contribution < 1.29 is 4.74 Å². The van der Waals surface area contributed by atoms with Gasteiger partial charge in [0.15, 0.2) is 0 Å². The van der Waals surface area contributed by atoms with E-state index in [0.29, 0.717) is 5.92 Å². The van der Waals surface area contributed by atoms with Gasteiger partial charge in [0.2, 0.25) is 0 Å². The summed E-state index contributed by atoms with van der Waals surface area (Å²) in [6.07, 6.45) is 0.990.